The van der Waals surface area contributed by atoms with E-state index in [1.165, 1.54) is 18.2 Å². The summed E-state index contributed by atoms with van der Waals surface area (Å²) < 4.78 is 43.4. The SMILES string of the molecule is Cc1nn(C)c2c1C(NC(=O)c1ccccc1OC(F)(F)F)CCC2. The van der Waals surface area contributed by atoms with E-state index in [1.807, 2.05) is 14.0 Å². The number of para-hydroxylation sites is 1. The molecular weight excluding hydrogens is 335 g/mol. The Bertz CT molecular complexity index is 799. The fourth-order valence-electron chi connectivity index (χ4n) is 3.34. The molecule has 0 fully saturated rings. The lowest BCUT2D eigenvalue weighted by atomic mass is 9.90. The maximum absolute atomic E-state index is 12.6. The molecule has 1 N–H and O–H groups in total. The van der Waals surface area contributed by atoms with Crippen molar-refractivity contribution in [2.75, 3.05) is 0 Å². The van der Waals surface area contributed by atoms with Gasteiger partial charge in [0.15, 0.2) is 0 Å². The number of carbonyl (C=O) groups excluding carboxylic acids is 1. The van der Waals surface area contributed by atoms with Crippen LogP contribution in [0.1, 0.15) is 46.2 Å². The maximum atomic E-state index is 12.6. The molecule has 2 aromatic rings. The molecule has 1 aromatic heterocycles. The Hall–Kier alpha value is -2.51. The number of hydrogen-bond acceptors (Lipinski definition) is 3. The highest BCUT2D eigenvalue weighted by Crippen LogP contribution is 2.33. The van der Waals surface area contributed by atoms with Gasteiger partial charge in [0.25, 0.3) is 5.91 Å². The van der Waals surface area contributed by atoms with Gasteiger partial charge in [-0.05, 0) is 38.3 Å². The molecule has 1 aliphatic carbocycles. The Morgan fingerprint density at radius 2 is 2.08 bits per heavy atom. The zero-order valence-electron chi connectivity index (χ0n) is 13.9. The summed E-state index contributed by atoms with van der Waals surface area (Å²) in [6.07, 6.45) is -2.40. The third-order valence-electron chi connectivity index (χ3n) is 4.31. The molecule has 0 spiro atoms. The van der Waals surface area contributed by atoms with Crippen LogP contribution in [-0.2, 0) is 13.5 Å². The predicted octanol–water partition coefficient (Wildman–Crippen LogP) is 3.43. The molecule has 1 aromatic carbocycles. The molecule has 1 amide bonds. The van der Waals surface area contributed by atoms with Crippen LogP contribution in [0.5, 0.6) is 5.75 Å². The van der Waals surface area contributed by atoms with Gasteiger partial charge in [0, 0.05) is 18.3 Å². The highest BCUT2D eigenvalue weighted by atomic mass is 19.4. The normalized spacial score (nSPS) is 17.1. The molecule has 0 radical (unpaired) electrons. The molecule has 1 aliphatic rings. The zero-order chi connectivity index (χ0) is 18.2. The number of nitrogens with one attached hydrogen (secondary N) is 1. The minimum absolute atomic E-state index is 0.145. The number of rotatable bonds is 3. The number of alkyl halides is 3. The summed E-state index contributed by atoms with van der Waals surface area (Å²) in [5, 5.41) is 7.21. The van der Waals surface area contributed by atoms with Gasteiger partial charge in [-0.25, -0.2) is 0 Å². The summed E-state index contributed by atoms with van der Waals surface area (Å²) >= 11 is 0. The summed E-state index contributed by atoms with van der Waals surface area (Å²) in [6.45, 7) is 1.87. The number of benzene rings is 1. The first kappa shape index (κ1) is 17.3. The second-order valence-electron chi connectivity index (χ2n) is 6.03. The number of hydrogen-bond donors (Lipinski definition) is 1. The molecule has 0 saturated heterocycles. The van der Waals surface area contributed by atoms with Gasteiger partial charge in [-0.3, -0.25) is 9.48 Å². The van der Waals surface area contributed by atoms with Crippen molar-refractivity contribution in [3.63, 3.8) is 0 Å². The highest BCUT2D eigenvalue weighted by Gasteiger charge is 2.33. The Morgan fingerprint density at radius 3 is 2.80 bits per heavy atom. The number of ether oxygens (including phenoxy) is 1. The van der Waals surface area contributed by atoms with E-state index in [-0.39, 0.29) is 11.6 Å². The van der Waals surface area contributed by atoms with Crippen LogP contribution in [0.4, 0.5) is 13.2 Å². The number of halogens is 3. The molecule has 1 unspecified atom stereocenters. The fourth-order valence-corrected chi connectivity index (χ4v) is 3.34. The van der Waals surface area contributed by atoms with Crippen LogP contribution >= 0.6 is 0 Å². The zero-order valence-corrected chi connectivity index (χ0v) is 13.9. The van der Waals surface area contributed by atoms with Crippen LogP contribution < -0.4 is 10.1 Å². The Kier molecular flexibility index (Phi) is 4.45. The van der Waals surface area contributed by atoms with Gasteiger partial charge in [0.05, 0.1) is 17.3 Å². The lowest BCUT2D eigenvalue weighted by molar-refractivity contribution is -0.274. The number of aromatic nitrogens is 2. The monoisotopic (exact) mass is 353 g/mol. The molecule has 1 atom stereocenters. The van der Waals surface area contributed by atoms with Gasteiger partial charge in [-0.15, -0.1) is 13.2 Å². The van der Waals surface area contributed by atoms with Crippen LogP contribution in [0, 0.1) is 6.92 Å². The maximum Gasteiger partial charge on any atom is 0.573 e. The first-order chi connectivity index (χ1) is 11.8. The van der Waals surface area contributed by atoms with Gasteiger partial charge in [-0.2, -0.15) is 5.10 Å². The van der Waals surface area contributed by atoms with E-state index >= 15 is 0 Å². The average molecular weight is 353 g/mol. The van der Waals surface area contributed by atoms with Crippen molar-refractivity contribution in [3.05, 3.63) is 46.8 Å². The van der Waals surface area contributed by atoms with Gasteiger partial charge in [0.2, 0.25) is 0 Å². The molecule has 8 heteroatoms. The molecule has 1 heterocycles. The fraction of sp³-hybridized carbons (Fsp3) is 0.412. The molecule has 0 saturated carbocycles. The third-order valence-corrected chi connectivity index (χ3v) is 4.31. The largest absolute Gasteiger partial charge is 0.573 e. The van der Waals surface area contributed by atoms with E-state index in [4.69, 9.17) is 0 Å². The van der Waals surface area contributed by atoms with Crippen molar-refractivity contribution in [2.24, 2.45) is 7.05 Å². The van der Waals surface area contributed by atoms with E-state index in [0.29, 0.717) is 6.42 Å². The summed E-state index contributed by atoms with van der Waals surface area (Å²) in [4.78, 5) is 12.6. The van der Waals surface area contributed by atoms with Crippen molar-refractivity contribution >= 4 is 5.91 Å². The van der Waals surface area contributed by atoms with E-state index in [2.05, 4.69) is 15.2 Å². The summed E-state index contributed by atoms with van der Waals surface area (Å²) in [5.74, 6) is -1.10. The molecule has 0 bridgehead atoms. The topological polar surface area (TPSA) is 56.2 Å². The third kappa shape index (κ3) is 3.62. The Balaban J connectivity index is 1.85. The molecule has 134 valence electrons. The number of nitrogens with zero attached hydrogens (tertiary/aromatic N) is 2. The molecule has 25 heavy (non-hydrogen) atoms. The first-order valence-corrected chi connectivity index (χ1v) is 7.94. The van der Waals surface area contributed by atoms with E-state index in [9.17, 15) is 18.0 Å². The quantitative estimate of drug-likeness (QED) is 0.920. The first-order valence-electron chi connectivity index (χ1n) is 7.94. The van der Waals surface area contributed by atoms with Crippen LogP contribution in [0.2, 0.25) is 0 Å². The number of fused-ring (bicyclic) bond motifs is 1. The van der Waals surface area contributed by atoms with Gasteiger partial charge in [-0.1, -0.05) is 12.1 Å². The summed E-state index contributed by atoms with van der Waals surface area (Å²) in [6, 6.07) is 5.06. The van der Waals surface area contributed by atoms with Crippen molar-refractivity contribution in [1.82, 2.24) is 15.1 Å². The minimum Gasteiger partial charge on any atom is -0.405 e. The van der Waals surface area contributed by atoms with Crippen LogP contribution in [0.3, 0.4) is 0 Å². The second-order valence-corrected chi connectivity index (χ2v) is 6.03. The van der Waals surface area contributed by atoms with E-state index in [0.717, 1.165) is 35.9 Å². The minimum atomic E-state index is -4.85. The predicted molar refractivity (Wildman–Crippen MR) is 84.2 cm³/mol. The number of carbonyl (C=O) groups is 1. The van der Waals surface area contributed by atoms with Crippen LogP contribution in [0.15, 0.2) is 24.3 Å². The van der Waals surface area contributed by atoms with Crippen molar-refractivity contribution in [2.45, 2.75) is 38.6 Å². The van der Waals surface area contributed by atoms with E-state index in [1.54, 1.807) is 4.68 Å². The second kappa shape index (κ2) is 6.42. The van der Waals surface area contributed by atoms with Crippen LogP contribution in [0.25, 0.3) is 0 Å². The van der Waals surface area contributed by atoms with Crippen molar-refractivity contribution in [3.8, 4) is 5.75 Å². The number of aryl methyl sites for hydroxylation is 2. The highest BCUT2D eigenvalue weighted by molar-refractivity contribution is 5.97. The molecular formula is C17H18F3N3O2. The Labute approximate surface area is 142 Å². The van der Waals surface area contributed by atoms with Crippen molar-refractivity contribution < 1.29 is 22.7 Å². The van der Waals surface area contributed by atoms with Gasteiger partial charge >= 0.3 is 6.36 Å². The summed E-state index contributed by atoms with van der Waals surface area (Å²) in [5.41, 5.74) is 2.68. The molecule has 5 nitrogen and oxygen atoms in total. The lowest BCUT2D eigenvalue weighted by Gasteiger charge is -2.25. The smallest absolute Gasteiger partial charge is 0.405 e. The molecule has 3 rings (SSSR count). The van der Waals surface area contributed by atoms with Gasteiger partial charge in [0.1, 0.15) is 5.75 Å². The number of amides is 1. The van der Waals surface area contributed by atoms with Gasteiger partial charge < -0.3 is 10.1 Å². The van der Waals surface area contributed by atoms with E-state index < -0.39 is 18.0 Å². The summed E-state index contributed by atoms with van der Waals surface area (Å²) in [7, 11) is 1.85. The average Bonchev–Trinajstić information content (AvgIpc) is 2.82. The molecule has 0 aliphatic heterocycles. The Morgan fingerprint density at radius 1 is 1.36 bits per heavy atom. The van der Waals surface area contributed by atoms with Crippen molar-refractivity contribution in [1.29, 1.82) is 0 Å². The standard InChI is InChI=1S/C17H18F3N3O2/c1-10-15-12(7-5-8-13(15)23(2)22-10)21-16(24)11-6-3-4-9-14(11)25-17(18,19)20/h3-4,6,9,12H,5,7-8H2,1-2H3,(H,21,24). The lowest BCUT2D eigenvalue weighted by Crippen LogP contribution is -2.32. The van der Waals surface area contributed by atoms with Crippen LogP contribution in [-0.4, -0.2) is 22.1 Å².